The minimum atomic E-state index is 1.08. The molecule has 0 saturated heterocycles. The number of fused-ring (bicyclic) bond motifs is 2. The highest BCUT2D eigenvalue weighted by molar-refractivity contribution is 7.11. The molecule has 0 spiro atoms. The molecule has 0 aliphatic heterocycles. The summed E-state index contributed by atoms with van der Waals surface area (Å²) in [4.78, 5) is 6.01. The molecule has 3 aromatic rings. The summed E-state index contributed by atoms with van der Waals surface area (Å²) in [6.45, 7) is 2.24. The van der Waals surface area contributed by atoms with Crippen molar-refractivity contribution in [3.8, 4) is 0 Å². The molecule has 2 heteroatoms. The normalized spacial score (nSPS) is 14.2. The van der Waals surface area contributed by atoms with Gasteiger partial charge in [0.15, 0.2) is 0 Å². The van der Waals surface area contributed by atoms with Crippen LogP contribution in [0.5, 0.6) is 0 Å². The Morgan fingerprint density at radius 1 is 1.11 bits per heavy atom. The molecule has 1 aromatic carbocycles. The number of nitrogens with zero attached hydrogens (tertiary/aromatic N) is 1. The molecule has 0 radical (unpaired) electrons. The third-order valence-corrected chi connectivity index (χ3v) is 4.73. The van der Waals surface area contributed by atoms with Crippen molar-refractivity contribution in [2.75, 3.05) is 0 Å². The highest BCUT2D eigenvalue weighted by Crippen LogP contribution is 2.42. The van der Waals surface area contributed by atoms with Crippen LogP contribution in [0.15, 0.2) is 53.5 Å². The lowest BCUT2D eigenvalue weighted by Crippen LogP contribution is -1.89. The smallest absolute Gasteiger partial charge is 0.0780 e. The van der Waals surface area contributed by atoms with Gasteiger partial charge in [0.2, 0.25) is 0 Å². The highest BCUT2D eigenvalue weighted by atomic mass is 32.1. The van der Waals surface area contributed by atoms with Crippen LogP contribution in [-0.4, -0.2) is 4.98 Å². The van der Waals surface area contributed by atoms with E-state index >= 15 is 0 Å². The van der Waals surface area contributed by atoms with E-state index < -0.39 is 0 Å². The largest absolute Gasteiger partial charge is 0.256 e. The second-order valence-electron chi connectivity index (χ2n) is 4.99. The minimum Gasteiger partial charge on any atom is -0.256 e. The molecule has 2 aromatic heterocycles. The molecule has 0 saturated carbocycles. The van der Waals surface area contributed by atoms with Crippen molar-refractivity contribution in [2.24, 2.45) is 0 Å². The first-order chi connectivity index (χ1) is 9.34. The van der Waals surface area contributed by atoms with Gasteiger partial charge < -0.3 is 0 Å². The van der Waals surface area contributed by atoms with Gasteiger partial charge in [0, 0.05) is 27.6 Å². The maximum atomic E-state index is 4.59. The van der Waals surface area contributed by atoms with Gasteiger partial charge in [-0.15, -0.1) is 11.3 Å². The molecule has 92 valence electrons. The van der Waals surface area contributed by atoms with E-state index in [0.717, 1.165) is 11.9 Å². The van der Waals surface area contributed by atoms with Gasteiger partial charge in [0.05, 0.1) is 5.52 Å². The van der Waals surface area contributed by atoms with E-state index in [1.165, 1.54) is 32.5 Å². The summed E-state index contributed by atoms with van der Waals surface area (Å²) in [5, 5.41) is 3.40. The molecule has 0 atom stereocenters. The van der Waals surface area contributed by atoms with Crippen LogP contribution in [-0.2, 0) is 6.42 Å². The lowest BCUT2D eigenvalue weighted by molar-refractivity contribution is 1.20. The van der Waals surface area contributed by atoms with Gasteiger partial charge in [-0.05, 0) is 36.4 Å². The van der Waals surface area contributed by atoms with Gasteiger partial charge in [-0.25, -0.2) is 0 Å². The molecule has 0 fully saturated rings. The zero-order valence-electron chi connectivity index (χ0n) is 10.7. The zero-order valence-corrected chi connectivity index (χ0v) is 11.5. The molecule has 0 unspecified atom stereocenters. The van der Waals surface area contributed by atoms with Crippen molar-refractivity contribution in [3.05, 3.63) is 69.6 Å². The fourth-order valence-electron chi connectivity index (χ4n) is 2.92. The molecule has 1 aliphatic rings. The number of hydrogen-bond acceptors (Lipinski definition) is 2. The Labute approximate surface area is 116 Å². The monoisotopic (exact) mass is 263 g/mol. The predicted octanol–water partition coefficient (Wildman–Crippen LogP) is 4.67. The van der Waals surface area contributed by atoms with Crippen LogP contribution in [0.25, 0.3) is 16.5 Å². The summed E-state index contributed by atoms with van der Waals surface area (Å²) in [6.07, 6.45) is 2.96. The summed E-state index contributed by atoms with van der Waals surface area (Å²) in [7, 11) is 0. The highest BCUT2D eigenvalue weighted by Gasteiger charge is 2.22. The Balaban J connectivity index is 2.04. The van der Waals surface area contributed by atoms with Crippen molar-refractivity contribution < 1.29 is 0 Å². The average molecular weight is 263 g/mol. The number of allylic oxidation sites excluding steroid dienone is 1. The van der Waals surface area contributed by atoms with E-state index in [1.807, 2.05) is 23.6 Å². The van der Waals surface area contributed by atoms with Gasteiger partial charge >= 0.3 is 0 Å². The molecule has 19 heavy (non-hydrogen) atoms. The van der Waals surface area contributed by atoms with E-state index in [1.54, 1.807) is 0 Å². The van der Waals surface area contributed by atoms with Crippen molar-refractivity contribution in [2.45, 2.75) is 13.3 Å². The Hall–Kier alpha value is -1.93. The number of hydrogen-bond donors (Lipinski definition) is 0. The van der Waals surface area contributed by atoms with Gasteiger partial charge in [0.25, 0.3) is 0 Å². The number of aromatic nitrogens is 1. The maximum absolute atomic E-state index is 4.59. The molecule has 0 bridgehead atoms. The molecule has 1 aliphatic carbocycles. The van der Waals surface area contributed by atoms with Gasteiger partial charge in [-0.1, -0.05) is 29.8 Å². The second-order valence-corrected chi connectivity index (χ2v) is 5.90. The van der Waals surface area contributed by atoms with E-state index in [9.17, 15) is 0 Å². The van der Waals surface area contributed by atoms with Crippen LogP contribution < -0.4 is 0 Å². The minimum absolute atomic E-state index is 1.08. The fourth-order valence-corrected chi connectivity index (χ4v) is 3.98. The topological polar surface area (TPSA) is 12.9 Å². The lowest BCUT2D eigenvalue weighted by Gasteiger charge is -2.08. The van der Waals surface area contributed by atoms with Crippen LogP contribution in [0.3, 0.4) is 0 Å². The Kier molecular flexibility index (Phi) is 2.32. The summed E-state index contributed by atoms with van der Waals surface area (Å²) in [5.41, 5.74) is 6.71. The van der Waals surface area contributed by atoms with Crippen molar-refractivity contribution in [1.82, 2.24) is 4.98 Å². The van der Waals surface area contributed by atoms with E-state index in [2.05, 4.69) is 47.6 Å². The van der Waals surface area contributed by atoms with Crippen LogP contribution in [0.1, 0.15) is 22.9 Å². The second kappa shape index (κ2) is 4.04. The lowest BCUT2D eigenvalue weighted by atomic mass is 10.00. The standard InChI is InChI=1S/C17H13NS/c1-11-10-13-7-9-19-17(13)15(11)14-6-2-4-12-5-3-8-18-16(12)14/h2-9H,10H2,1H3. The Morgan fingerprint density at radius 3 is 2.95 bits per heavy atom. The SMILES string of the molecule is CC1=C(c2cccc3cccnc23)c2sccc2C1. The number of rotatable bonds is 1. The third kappa shape index (κ3) is 1.57. The summed E-state index contributed by atoms with van der Waals surface area (Å²) < 4.78 is 0. The molecule has 0 amide bonds. The van der Waals surface area contributed by atoms with E-state index in [4.69, 9.17) is 0 Å². The van der Waals surface area contributed by atoms with E-state index in [0.29, 0.717) is 0 Å². The quantitative estimate of drug-likeness (QED) is 0.621. The molecule has 2 heterocycles. The summed E-state index contributed by atoms with van der Waals surface area (Å²) in [6, 6.07) is 12.8. The van der Waals surface area contributed by atoms with Crippen molar-refractivity contribution in [3.63, 3.8) is 0 Å². The number of thiophene rings is 1. The molecular weight excluding hydrogens is 250 g/mol. The van der Waals surface area contributed by atoms with Gasteiger partial charge in [-0.2, -0.15) is 0 Å². The number of pyridine rings is 1. The third-order valence-electron chi connectivity index (χ3n) is 3.76. The molecule has 4 rings (SSSR count). The first kappa shape index (κ1) is 10.9. The first-order valence-electron chi connectivity index (χ1n) is 6.45. The molecule has 0 N–H and O–H groups in total. The Bertz CT molecular complexity index is 805. The van der Waals surface area contributed by atoms with Gasteiger partial charge in [0.1, 0.15) is 0 Å². The zero-order chi connectivity index (χ0) is 12.8. The number of para-hydroxylation sites is 1. The average Bonchev–Trinajstić information content (AvgIpc) is 2.98. The Morgan fingerprint density at radius 2 is 2.00 bits per heavy atom. The maximum Gasteiger partial charge on any atom is 0.0780 e. The summed E-state index contributed by atoms with van der Waals surface area (Å²) >= 11 is 1.84. The summed E-state index contributed by atoms with van der Waals surface area (Å²) in [5.74, 6) is 0. The van der Waals surface area contributed by atoms with Crippen molar-refractivity contribution in [1.29, 1.82) is 0 Å². The van der Waals surface area contributed by atoms with Crippen LogP contribution in [0, 0.1) is 0 Å². The molecule has 1 nitrogen and oxygen atoms in total. The van der Waals surface area contributed by atoms with Gasteiger partial charge in [-0.3, -0.25) is 4.98 Å². The van der Waals surface area contributed by atoms with E-state index in [-0.39, 0.29) is 0 Å². The van der Waals surface area contributed by atoms with Crippen molar-refractivity contribution >= 4 is 27.8 Å². The number of benzene rings is 1. The fraction of sp³-hybridized carbons (Fsp3) is 0.118. The first-order valence-corrected chi connectivity index (χ1v) is 7.33. The predicted molar refractivity (Wildman–Crippen MR) is 81.5 cm³/mol. The molecular formula is C17H13NS. The van der Waals surface area contributed by atoms with Crippen LogP contribution in [0.4, 0.5) is 0 Å². The van der Waals surface area contributed by atoms with Crippen LogP contribution >= 0.6 is 11.3 Å². The van der Waals surface area contributed by atoms with Crippen LogP contribution in [0.2, 0.25) is 0 Å².